The number of halogens is 4. The van der Waals surface area contributed by atoms with E-state index in [1.165, 1.54) is 12.1 Å². The number of amides is 1. The fraction of sp³-hybridized carbons (Fsp3) is 0.458. The summed E-state index contributed by atoms with van der Waals surface area (Å²) in [6.07, 6.45) is -6.85. The molecule has 0 radical (unpaired) electrons. The van der Waals surface area contributed by atoms with Gasteiger partial charge in [0.2, 0.25) is 5.65 Å². The molecule has 0 saturated carbocycles. The summed E-state index contributed by atoms with van der Waals surface area (Å²) in [5.41, 5.74) is 2.40. The van der Waals surface area contributed by atoms with Crippen LogP contribution in [-0.4, -0.2) is 78.4 Å². The molecule has 5 rings (SSSR count). The number of carbonyl (C=O) groups excluding carboxylic acids is 1. The molecule has 2 aromatic heterocycles. The SMILES string of the molecule is Cc1ccc2oc(N3CCN(C(=O)c4ccc(N5CC(OC(C)C(F)(F)F)C5)cc4F)CC3)nc2n1. The van der Waals surface area contributed by atoms with Crippen molar-refractivity contribution in [2.75, 3.05) is 49.1 Å². The molecule has 3 aromatic rings. The summed E-state index contributed by atoms with van der Waals surface area (Å²) in [4.78, 5) is 26.9. The van der Waals surface area contributed by atoms with Gasteiger partial charge in [-0.25, -0.2) is 9.37 Å². The van der Waals surface area contributed by atoms with Gasteiger partial charge in [-0.2, -0.15) is 18.2 Å². The second-order valence-corrected chi connectivity index (χ2v) is 9.06. The number of pyridine rings is 1. The highest BCUT2D eigenvalue weighted by atomic mass is 19.4. The molecule has 1 amide bonds. The van der Waals surface area contributed by atoms with Crippen molar-refractivity contribution in [3.63, 3.8) is 0 Å². The van der Waals surface area contributed by atoms with Gasteiger partial charge in [0.1, 0.15) is 5.82 Å². The van der Waals surface area contributed by atoms with Gasteiger partial charge in [0.05, 0.1) is 11.7 Å². The van der Waals surface area contributed by atoms with E-state index in [-0.39, 0.29) is 18.7 Å². The van der Waals surface area contributed by atoms with E-state index in [0.29, 0.717) is 49.1 Å². The van der Waals surface area contributed by atoms with Crippen molar-refractivity contribution in [2.45, 2.75) is 32.2 Å². The number of hydrogen-bond donors (Lipinski definition) is 0. The maximum absolute atomic E-state index is 14.8. The van der Waals surface area contributed by atoms with Gasteiger partial charge >= 0.3 is 6.18 Å². The number of carbonyl (C=O) groups is 1. The summed E-state index contributed by atoms with van der Waals surface area (Å²) < 4.78 is 63.5. The molecule has 0 spiro atoms. The Morgan fingerprint density at radius 2 is 1.81 bits per heavy atom. The van der Waals surface area contributed by atoms with Crippen molar-refractivity contribution < 1.29 is 31.5 Å². The molecular weight excluding hydrogens is 482 g/mol. The van der Waals surface area contributed by atoms with Crippen LogP contribution in [0.1, 0.15) is 23.0 Å². The number of benzene rings is 1. The van der Waals surface area contributed by atoms with Crippen LogP contribution in [0.25, 0.3) is 11.2 Å². The lowest BCUT2D eigenvalue weighted by Crippen LogP contribution is -2.54. The number of rotatable bonds is 5. The highest BCUT2D eigenvalue weighted by Gasteiger charge is 2.41. The third-order valence-corrected chi connectivity index (χ3v) is 6.47. The van der Waals surface area contributed by atoms with Crippen LogP contribution in [0.3, 0.4) is 0 Å². The number of anilines is 2. The first-order chi connectivity index (χ1) is 17.1. The Labute approximate surface area is 204 Å². The summed E-state index contributed by atoms with van der Waals surface area (Å²) in [6.45, 7) is 4.97. The Bertz CT molecular complexity index is 1270. The molecule has 192 valence electrons. The maximum atomic E-state index is 14.8. The molecule has 4 heterocycles. The van der Waals surface area contributed by atoms with E-state index in [2.05, 4.69) is 9.97 Å². The molecule has 1 unspecified atom stereocenters. The highest BCUT2D eigenvalue weighted by Crippen LogP contribution is 2.29. The van der Waals surface area contributed by atoms with Crippen LogP contribution in [0.15, 0.2) is 34.7 Å². The largest absolute Gasteiger partial charge is 0.422 e. The first-order valence-corrected chi connectivity index (χ1v) is 11.6. The zero-order valence-electron chi connectivity index (χ0n) is 19.8. The predicted octanol–water partition coefficient (Wildman–Crippen LogP) is 3.79. The van der Waals surface area contributed by atoms with E-state index in [9.17, 15) is 22.4 Å². The number of aryl methyl sites for hydroxylation is 1. The van der Waals surface area contributed by atoms with E-state index < -0.39 is 30.1 Å². The van der Waals surface area contributed by atoms with Crippen molar-refractivity contribution in [1.82, 2.24) is 14.9 Å². The summed E-state index contributed by atoms with van der Waals surface area (Å²) >= 11 is 0. The van der Waals surface area contributed by atoms with Crippen LogP contribution in [-0.2, 0) is 4.74 Å². The van der Waals surface area contributed by atoms with Gasteiger partial charge in [0.25, 0.3) is 11.9 Å². The smallest absolute Gasteiger partial charge is 0.414 e. The summed E-state index contributed by atoms with van der Waals surface area (Å²) in [5, 5.41) is 0. The fourth-order valence-electron chi connectivity index (χ4n) is 4.28. The van der Waals surface area contributed by atoms with Gasteiger partial charge in [-0.15, -0.1) is 0 Å². The van der Waals surface area contributed by atoms with Gasteiger partial charge in [0.15, 0.2) is 11.7 Å². The zero-order valence-corrected chi connectivity index (χ0v) is 19.8. The van der Waals surface area contributed by atoms with E-state index in [1.54, 1.807) is 15.9 Å². The van der Waals surface area contributed by atoms with Crippen LogP contribution >= 0.6 is 0 Å². The Morgan fingerprint density at radius 3 is 2.47 bits per heavy atom. The Kier molecular flexibility index (Phi) is 6.23. The predicted molar refractivity (Wildman–Crippen MR) is 124 cm³/mol. The molecular formula is C24H25F4N5O3. The van der Waals surface area contributed by atoms with Gasteiger partial charge in [-0.3, -0.25) is 4.79 Å². The lowest BCUT2D eigenvalue weighted by molar-refractivity contribution is -0.228. The third kappa shape index (κ3) is 4.81. The van der Waals surface area contributed by atoms with E-state index in [0.717, 1.165) is 12.6 Å². The third-order valence-electron chi connectivity index (χ3n) is 6.47. The first-order valence-electron chi connectivity index (χ1n) is 11.6. The lowest BCUT2D eigenvalue weighted by atomic mass is 10.1. The van der Waals surface area contributed by atoms with Crippen LogP contribution < -0.4 is 9.80 Å². The van der Waals surface area contributed by atoms with Crippen molar-refractivity contribution in [1.29, 1.82) is 0 Å². The normalized spacial score (nSPS) is 18.0. The van der Waals surface area contributed by atoms with E-state index >= 15 is 0 Å². The number of nitrogens with zero attached hydrogens (tertiary/aromatic N) is 5. The number of fused-ring (bicyclic) bond motifs is 1. The topological polar surface area (TPSA) is 74.9 Å². The monoisotopic (exact) mass is 507 g/mol. The van der Waals surface area contributed by atoms with Gasteiger partial charge < -0.3 is 23.9 Å². The fourth-order valence-corrected chi connectivity index (χ4v) is 4.28. The molecule has 2 fully saturated rings. The molecule has 1 aromatic carbocycles. The minimum atomic E-state index is -4.42. The molecule has 1 atom stereocenters. The second kappa shape index (κ2) is 9.23. The van der Waals surface area contributed by atoms with Gasteiger partial charge in [-0.05, 0) is 44.2 Å². The molecule has 2 aliphatic heterocycles. The zero-order chi connectivity index (χ0) is 25.6. The average molecular weight is 507 g/mol. The molecule has 12 heteroatoms. The molecule has 0 N–H and O–H groups in total. The number of piperazine rings is 1. The van der Waals surface area contributed by atoms with Crippen molar-refractivity contribution in [3.05, 3.63) is 47.4 Å². The minimum Gasteiger partial charge on any atom is -0.422 e. The number of hydrogen-bond acceptors (Lipinski definition) is 7. The lowest BCUT2D eigenvalue weighted by Gasteiger charge is -2.42. The minimum absolute atomic E-state index is 0.0484. The standard InChI is InChI=1S/C24H25F4N5O3/c1-14-3-6-20-21(29-14)30-23(36-20)32-9-7-31(8-10-32)22(34)18-5-4-16(11-19(18)25)33-12-17(13-33)35-15(2)24(26,27)28/h3-6,11,15,17H,7-10,12-13H2,1-2H3. The molecule has 0 bridgehead atoms. The van der Waals surface area contributed by atoms with Crippen molar-refractivity contribution in [3.8, 4) is 0 Å². The average Bonchev–Trinajstić information content (AvgIpc) is 3.23. The Morgan fingerprint density at radius 1 is 1.08 bits per heavy atom. The highest BCUT2D eigenvalue weighted by molar-refractivity contribution is 5.95. The van der Waals surface area contributed by atoms with Crippen LogP contribution in [0, 0.1) is 12.7 Å². The number of oxazole rings is 1. The Balaban J connectivity index is 1.17. The summed E-state index contributed by atoms with van der Waals surface area (Å²) in [7, 11) is 0. The molecule has 2 aliphatic rings. The van der Waals surface area contributed by atoms with Gasteiger partial charge in [-0.1, -0.05) is 0 Å². The Hall–Kier alpha value is -3.41. The summed E-state index contributed by atoms with van der Waals surface area (Å²) in [6, 6.07) is 8.35. The van der Waals surface area contributed by atoms with E-state index in [1.807, 2.05) is 24.0 Å². The number of aromatic nitrogens is 2. The molecule has 36 heavy (non-hydrogen) atoms. The van der Waals surface area contributed by atoms with E-state index in [4.69, 9.17) is 9.15 Å². The molecule has 0 aliphatic carbocycles. The molecule has 8 nitrogen and oxygen atoms in total. The van der Waals surface area contributed by atoms with Crippen molar-refractivity contribution in [2.24, 2.45) is 0 Å². The van der Waals surface area contributed by atoms with Crippen LogP contribution in [0.4, 0.5) is 29.3 Å². The first kappa shape index (κ1) is 24.3. The summed E-state index contributed by atoms with van der Waals surface area (Å²) in [5.74, 6) is -1.09. The van der Waals surface area contributed by atoms with Crippen LogP contribution in [0.2, 0.25) is 0 Å². The number of alkyl halides is 3. The van der Waals surface area contributed by atoms with Gasteiger partial charge in [0, 0.05) is 50.6 Å². The van der Waals surface area contributed by atoms with Crippen molar-refractivity contribution >= 4 is 28.8 Å². The number of ether oxygens (including phenoxy) is 1. The molecule has 2 saturated heterocycles. The second-order valence-electron chi connectivity index (χ2n) is 9.06. The maximum Gasteiger partial charge on any atom is 0.414 e. The van der Waals surface area contributed by atoms with Crippen LogP contribution in [0.5, 0.6) is 0 Å². The quantitative estimate of drug-likeness (QED) is 0.487.